The summed E-state index contributed by atoms with van der Waals surface area (Å²) in [6, 6.07) is 5.24. The Labute approximate surface area is 137 Å². The highest BCUT2D eigenvalue weighted by molar-refractivity contribution is 5.98. The van der Waals surface area contributed by atoms with Gasteiger partial charge in [0.1, 0.15) is 11.4 Å². The molecule has 0 radical (unpaired) electrons. The van der Waals surface area contributed by atoms with Gasteiger partial charge in [0.05, 0.1) is 6.10 Å². The predicted octanol–water partition coefficient (Wildman–Crippen LogP) is 3.30. The normalized spacial score (nSPS) is 13.3. The van der Waals surface area contributed by atoms with Crippen LogP contribution in [0.4, 0.5) is 13.2 Å². The molecule has 5 nitrogen and oxygen atoms in total. The molecule has 0 fully saturated rings. The third kappa shape index (κ3) is 4.41. The second-order valence-electron chi connectivity index (χ2n) is 5.88. The molecule has 0 aliphatic rings. The van der Waals surface area contributed by atoms with E-state index >= 15 is 0 Å². The SMILES string of the molecule is CC(O)CN(C(=O)c1cc2ccc(OC(F)(F)F)cc2[nH]1)C(C)C. The number of carbonyl (C=O) groups excluding carboxylic acids is 1. The standard InChI is InChI=1S/C16H19F3N2O3/c1-9(2)21(8-10(3)22)15(23)14-6-11-4-5-12(7-13(11)20-14)24-16(17,18)19/h4-7,9-10,20,22H,8H2,1-3H3. The highest BCUT2D eigenvalue weighted by Gasteiger charge is 2.31. The van der Waals surface area contributed by atoms with Crippen molar-refractivity contribution in [1.29, 1.82) is 0 Å². The summed E-state index contributed by atoms with van der Waals surface area (Å²) < 4.78 is 40.7. The predicted molar refractivity (Wildman–Crippen MR) is 82.8 cm³/mol. The molecule has 0 bridgehead atoms. The minimum atomic E-state index is -4.77. The maximum absolute atomic E-state index is 12.6. The van der Waals surface area contributed by atoms with Gasteiger partial charge in [-0.2, -0.15) is 0 Å². The van der Waals surface area contributed by atoms with Crippen molar-refractivity contribution in [3.05, 3.63) is 30.0 Å². The average molecular weight is 344 g/mol. The maximum Gasteiger partial charge on any atom is 0.573 e. The molecular formula is C16H19F3N2O3. The van der Waals surface area contributed by atoms with Gasteiger partial charge in [0.2, 0.25) is 0 Å². The number of nitrogens with zero attached hydrogens (tertiary/aromatic N) is 1. The summed E-state index contributed by atoms with van der Waals surface area (Å²) in [6.07, 6.45) is -5.46. The van der Waals surface area contributed by atoms with E-state index in [4.69, 9.17) is 0 Å². The third-order valence-electron chi connectivity index (χ3n) is 3.40. The number of benzene rings is 1. The number of alkyl halides is 3. The molecule has 1 aromatic carbocycles. The number of halogens is 3. The Kier molecular flexibility index (Phi) is 5.08. The summed E-state index contributed by atoms with van der Waals surface area (Å²) in [4.78, 5) is 16.9. The van der Waals surface area contributed by atoms with Crippen LogP contribution in [-0.4, -0.2) is 46.0 Å². The summed E-state index contributed by atoms with van der Waals surface area (Å²) in [5, 5.41) is 10.1. The van der Waals surface area contributed by atoms with Gasteiger partial charge < -0.3 is 19.7 Å². The van der Waals surface area contributed by atoms with Gasteiger partial charge >= 0.3 is 6.36 Å². The summed E-state index contributed by atoms with van der Waals surface area (Å²) in [5.74, 6) is -0.694. The van der Waals surface area contributed by atoms with Gasteiger partial charge in [-0.25, -0.2) is 0 Å². The highest BCUT2D eigenvalue weighted by atomic mass is 19.4. The zero-order valence-electron chi connectivity index (χ0n) is 13.5. The van der Waals surface area contributed by atoms with Crippen molar-refractivity contribution < 1.29 is 27.8 Å². The van der Waals surface area contributed by atoms with E-state index in [9.17, 15) is 23.1 Å². The van der Waals surface area contributed by atoms with E-state index in [1.807, 2.05) is 13.8 Å². The summed E-state index contributed by atoms with van der Waals surface area (Å²) >= 11 is 0. The van der Waals surface area contributed by atoms with Gasteiger partial charge in [-0.15, -0.1) is 13.2 Å². The minimum Gasteiger partial charge on any atom is -0.406 e. The molecule has 0 aliphatic carbocycles. The first-order valence-corrected chi connectivity index (χ1v) is 7.44. The number of aliphatic hydroxyl groups is 1. The lowest BCUT2D eigenvalue weighted by molar-refractivity contribution is -0.274. The number of amides is 1. The van der Waals surface area contributed by atoms with Gasteiger partial charge in [-0.1, -0.05) is 0 Å². The molecule has 1 amide bonds. The number of H-pyrrole nitrogens is 1. The number of aromatic nitrogens is 1. The van der Waals surface area contributed by atoms with E-state index in [0.29, 0.717) is 10.9 Å². The molecule has 2 rings (SSSR count). The fourth-order valence-electron chi connectivity index (χ4n) is 2.39. The number of aromatic amines is 1. The number of carbonyl (C=O) groups is 1. The Hall–Kier alpha value is -2.22. The number of ether oxygens (including phenoxy) is 1. The molecule has 2 aromatic rings. The largest absolute Gasteiger partial charge is 0.573 e. The number of aliphatic hydroxyl groups excluding tert-OH is 1. The quantitative estimate of drug-likeness (QED) is 0.875. The Balaban J connectivity index is 2.30. The van der Waals surface area contributed by atoms with Crippen LogP contribution in [0.25, 0.3) is 10.9 Å². The fraction of sp³-hybridized carbons (Fsp3) is 0.438. The molecule has 1 atom stereocenters. The molecule has 0 spiro atoms. The number of hydrogen-bond acceptors (Lipinski definition) is 3. The molecule has 8 heteroatoms. The van der Waals surface area contributed by atoms with Crippen molar-refractivity contribution in [2.24, 2.45) is 0 Å². The van der Waals surface area contributed by atoms with Gasteiger partial charge in [0.15, 0.2) is 0 Å². The van der Waals surface area contributed by atoms with Crippen molar-refractivity contribution in [1.82, 2.24) is 9.88 Å². The molecule has 0 aliphatic heterocycles. The van der Waals surface area contributed by atoms with Crippen molar-refractivity contribution >= 4 is 16.8 Å². The Morgan fingerprint density at radius 3 is 2.50 bits per heavy atom. The molecule has 2 N–H and O–H groups in total. The van der Waals surface area contributed by atoms with Crippen LogP contribution in [0.1, 0.15) is 31.3 Å². The van der Waals surface area contributed by atoms with E-state index in [0.717, 1.165) is 0 Å². The van der Waals surface area contributed by atoms with Crippen LogP contribution in [0.5, 0.6) is 5.75 Å². The topological polar surface area (TPSA) is 65.6 Å². The van der Waals surface area contributed by atoms with Crippen LogP contribution in [0.2, 0.25) is 0 Å². The Morgan fingerprint density at radius 1 is 1.29 bits per heavy atom. The van der Waals surface area contributed by atoms with E-state index in [1.165, 1.54) is 23.1 Å². The number of hydrogen-bond donors (Lipinski definition) is 2. The monoisotopic (exact) mass is 344 g/mol. The van der Waals surface area contributed by atoms with Gasteiger partial charge in [-0.3, -0.25) is 4.79 Å². The lowest BCUT2D eigenvalue weighted by atomic mass is 10.2. The van der Waals surface area contributed by atoms with Crippen LogP contribution in [0, 0.1) is 0 Å². The first-order chi connectivity index (χ1) is 11.1. The second-order valence-corrected chi connectivity index (χ2v) is 5.88. The van der Waals surface area contributed by atoms with Crippen LogP contribution < -0.4 is 4.74 Å². The van der Waals surface area contributed by atoms with E-state index < -0.39 is 12.5 Å². The number of fused-ring (bicyclic) bond motifs is 1. The Bertz CT molecular complexity index is 723. The van der Waals surface area contributed by atoms with Crippen LogP contribution >= 0.6 is 0 Å². The minimum absolute atomic E-state index is 0.136. The van der Waals surface area contributed by atoms with Gasteiger partial charge in [-0.05, 0) is 39.0 Å². The van der Waals surface area contributed by atoms with Crippen LogP contribution in [0.15, 0.2) is 24.3 Å². The molecule has 132 valence electrons. The second kappa shape index (κ2) is 6.72. The van der Waals surface area contributed by atoms with E-state index in [1.54, 1.807) is 13.0 Å². The first-order valence-electron chi connectivity index (χ1n) is 7.44. The molecule has 1 unspecified atom stereocenters. The number of rotatable bonds is 5. The lowest BCUT2D eigenvalue weighted by Gasteiger charge is -2.27. The smallest absolute Gasteiger partial charge is 0.406 e. The third-order valence-corrected chi connectivity index (χ3v) is 3.40. The number of nitrogens with one attached hydrogen (secondary N) is 1. The van der Waals surface area contributed by atoms with Gasteiger partial charge in [0, 0.05) is 29.6 Å². The zero-order valence-corrected chi connectivity index (χ0v) is 13.5. The maximum atomic E-state index is 12.6. The molecular weight excluding hydrogens is 325 g/mol. The summed E-state index contributed by atoms with van der Waals surface area (Å²) in [6.45, 7) is 5.37. The Morgan fingerprint density at radius 2 is 1.96 bits per heavy atom. The van der Waals surface area contributed by atoms with Gasteiger partial charge in [0.25, 0.3) is 5.91 Å². The fourth-order valence-corrected chi connectivity index (χ4v) is 2.39. The van der Waals surface area contributed by atoms with Crippen molar-refractivity contribution in [2.75, 3.05) is 6.54 Å². The zero-order chi connectivity index (χ0) is 18.1. The molecule has 24 heavy (non-hydrogen) atoms. The first kappa shape index (κ1) is 18.1. The van der Waals surface area contributed by atoms with Crippen molar-refractivity contribution in [2.45, 2.75) is 39.3 Å². The molecule has 0 saturated heterocycles. The lowest BCUT2D eigenvalue weighted by Crippen LogP contribution is -2.41. The molecule has 1 aromatic heterocycles. The molecule has 1 heterocycles. The van der Waals surface area contributed by atoms with E-state index in [-0.39, 0.29) is 29.9 Å². The van der Waals surface area contributed by atoms with Crippen LogP contribution in [0.3, 0.4) is 0 Å². The van der Waals surface area contributed by atoms with Crippen molar-refractivity contribution in [3.8, 4) is 5.75 Å². The summed E-state index contributed by atoms with van der Waals surface area (Å²) in [5.41, 5.74) is 0.601. The van der Waals surface area contributed by atoms with Crippen LogP contribution in [-0.2, 0) is 0 Å². The average Bonchev–Trinajstić information content (AvgIpc) is 2.84. The van der Waals surface area contributed by atoms with E-state index in [2.05, 4.69) is 9.72 Å². The highest BCUT2D eigenvalue weighted by Crippen LogP contribution is 2.27. The van der Waals surface area contributed by atoms with Crippen molar-refractivity contribution in [3.63, 3.8) is 0 Å². The summed E-state index contributed by atoms with van der Waals surface area (Å²) in [7, 11) is 0. The molecule has 0 saturated carbocycles.